The summed E-state index contributed by atoms with van der Waals surface area (Å²) in [5.74, 6) is -0.763. The van der Waals surface area contributed by atoms with Crippen LogP contribution in [0.25, 0.3) is 0 Å². The summed E-state index contributed by atoms with van der Waals surface area (Å²) in [6.07, 6.45) is 5.44. The van der Waals surface area contributed by atoms with Crippen molar-refractivity contribution in [2.45, 2.75) is 75.9 Å². The van der Waals surface area contributed by atoms with E-state index in [9.17, 15) is 18.0 Å². The molecule has 1 atom stereocenters. The second kappa shape index (κ2) is 14.4. The number of aryl methyl sites for hydroxylation is 1. The first-order chi connectivity index (χ1) is 20.1. The lowest BCUT2D eigenvalue weighted by molar-refractivity contribution is -0.140. The van der Waals surface area contributed by atoms with Gasteiger partial charge in [-0.2, -0.15) is 0 Å². The zero-order valence-corrected chi connectivity index (χ0v) is 26.3. The second-order valence-corrected chi connectivity index (χ2v) is 13.4. The van der Waals surface area contributed by atoms with Gasteiger partial charge in [-0.1, -0.05) is 97.4 Å². The number of nitrogens with one attached hydrogen (secondary N) is 1. The average Bonchev–Trinajstić information content (AvgIpc) is 2.98. The van der Waals surface area contributed by atoms with E-state index in [-0.39, 0.29) is 39.1 Å². The Morgan fingerprint density at radius 1 is 0.952 bits per heavy atom. The van der Waals surface area contributed by atoms with E-state index in [1.807, 2.05) is 38.1 Å². The zero-order chi connectivity index (χ0) is 30.3. The van der Waals surface area contributed by atoms with E-state index in [1.54, 1.807) is 24.3 Å². The highest BCUT2D eigenvalue weighted by molar-refractivity contribution is 7.92. The summed E-state index contributed by atoms with van der Waals surface area (Å²) in [6.45, 7) is 3.38. The number of nitrogens with zero attached hydrogens (tertiary/aromatic N) is 2. The molecule has 42 heavy (non-hydrogen) atoms. The highest BCUT2D eigenvalue weighted by atomic mass is 35.5. The van der Waals surface area contributed by atoms with Crippen molar-refractivity contribution in [3.8, 4) is 0 Å². The summed E-state index contributed by atoms with van der Waals surface area (Å²) >= 11 is 12.7. The zero-order valence-electron chi connectivity index (χ0n) is 23.9. The van der Waals surface area contributed by atoms with Crippen LogP contribution in [0.4, 0.5) is 5.69 Å². The average molecular weight is 631 g/mol. The Bertz CT molecular complexity index is 1490. The fraction of sp³-hybridized carbons (Fsp3) is 0.375. The summed E-state index contributed by atoms with van der Waals surface area (Å²) < 4.78 is 28.9. The van der Waals surface area contributed by atoms with Crippen LogP contribution in [0.5, 0.6) is 0 Å². The maximum Gasteiger partial charge on any atom is 0.264 e. The van der Waals surface area contributed by atoms with Gasteiger partial charge in [0.2, 0.25) is 11.8 Å². The quantitative estimate of drug-likeness (QED) is 0.254. The molecule has 4 rings (SSSR count). The molecule has 3 aromatic carbocycles. The maximum atomic E-state index is 14.3. The SMILES string of the molecule is CCC(C(=O)NC1CCCCC1)N(Cc1cccc(C)c1)C(=O)CN(c1cc(Cl)ccc1Cl)S(=O)(=O)c1ccccc1. The summed E-state index contributed by atoms with van der Waals surface area (Å²) in [6, 6.07) is 19.3. The molecular weight excluding hydrogens is 593 g/mol. The Hall–Kier alpha value is -3.07. The van der Waals surface area contributed by atoms with Crippen molar-refractivity contribution in [1.29, 1.82) is 0 Å². The van der Waals surface area contributed by atoms with Gasteiger partial charge in [0, 0.05) is 17.6 Å². The van der Waals surface area contributed by atoms with Crippen molar-refractivity contribution in [3.05, 3.63) is 94.0 Å². The minimum atomic E-state index is -4.23. The van der Waals surface area contributed by atoms with Gasteiger partial charge in [0.05, 0.1) is 15.6 Å². The molecule has 1 saturated carbocycles. The Morgan fingerprint density at radius 3 is 2.33 bits per heavy atom. The van der Waals surface area contributed by atoms with Crippen molar-refractivity contribution in [2.24, 2.45) is 0 Å². The lowest BCUT2D eigenvalue weighted by Crippen LogP contribution is -2.54. The number of anilines is 1. The van der Waals surface area contributed by atoms with Gasteiger partial charge < -0.3 is 10.2 Å². The van der Waals surface area contributed by atoms with Crippen LogP contribution in [-0.2, 0) is 26.2 Å². The third-order valence-electron chi connectivity index (χ3n) is 7.56. The maximum absolute atomic E-state index is 14.3. The second-order valence-electron chi connectivity index (χ2n) is 10.7. The number of amides is 2. The van der Waals surface area contributed by atoms with E-state index in [1.165, 1.54) is 29.2 Å². The van der Waals surface area contributed by atoms with Crippen molar-refractivity contribution in [2.75, 3.05) is 10.8 Å². The van der Waals surface area contributed by atoms with Crippen molar-refractivity contribution in [3.63, 3.8) is 0 Å². The molecule has 1 aliphatic rings. The molecule has 0 heterocycles. The number of sulfonamides is 1. The van der Waals surface area contributed by atoms with E-state index >= 15 is 0 Å². The molecule has 0 aliphatic heterocycles. The molecule has 1 fully saturated rings. The predicted molar refractivity (Wildman–Crippen MR) is 168 cm³/mol. The summed E-state index contributed by atoms with van der Waals surface area (Å²) in [5, 5.41) is 3.55. The lowest BCUT2D eigenvalue weighted by Gasteiger charge is -2.34. The number of hydrogen-bond acceptors (Lipinski definition) is 4. The minimum absolute atomic E-state index is 0.00107. The first-order valence-electron chi connectivity index (χ1n) is 14.3. The number of rotatable bonds is 11. The van der Waals surface area contributed by atoms with Crippen LogP contribution in [0.2, 0.25) is 10.0 Å². The van der Waals surface area contributed by atoms with Gasteiger partial charge in [-0.25, -0.2) is 8.42 Å². The lowest BCUT2D eigenvalue weighted by atomic mass is 9.95. The van der Waals surface area contributed by atoms with Crippen LogP contribution in [0, 0.1) is 6.92 Å². The van der Waals surface area contributed by atoms with Gasteiger partial charge in [0.15, 0.2) is 0 Å². The molecule has 3 aromatic rings. The van der Waals surface area contributed by atoms with Gasteiger partial charge in [-0.3, -0.25) is 13.9 Å². The molecule has 0 spiro atoms. The molecule has 7 nitrogen and oxygen atoms in total. The Balaban J connectivity index is 1.73. The number of carbonyl (C=O) groups excluding carboxylic acids is 2. The molecule has 1 unspecified atom stereocenters. The van der Waals surface area contributed by atoms with Crippen LogP contribution in [0.3, 0.4) is 0 Å². The normalized spacial score (nSPS) is 14.7. The summed E-state index contributed by atoms with van der Waals surface area (Å²) in [7, 11) is -4.23. The minimum Gasteiger partial charge on any atom is -0.352 e. The molecule has 10 heteroatoms. The van der Waals surface area contributed by atoms with E-state index < -0.39 is 28.5 Å². The highest BCUT2D eigenvalue weighted by Crippen LogP contribution is 2.33. The number of carbonyl (C=O) groups is 2. The predicted octanol–water partition coefficient (Wildman–Crippen LogP) is 6.75. The molecule has 1 N–H and O–H groups in total. The van der Waals surface area contributed by atoms with Crippen molar-refractivity contribution >= 4 is 50.7 Å². The summed E-state index contributed by atoms with van der Waals surface area (Å²) in [4.78, 5) is 29.4. The Morgan fingerprint density at radius 2 is 1.67 bits per heavy atom. The first-order valence-corrected chi connectivity index (χ1v) is 16.5. The molecule has 2 amide bonds. The molecular formula is C32H37Cl2N3O4S. The fourth-order valence-electron chi connectivity index (χ4n) is 5.38. The number of benzene rings is 3. The Labute approximate surface area is 258 Å². The van der Waals surface area contributed by atoms with Crippen LogP contribution in [0.1, 0.15) is 56.6 Å². The van der Waals surface area contributed by atoms with Crippen LogP contribution in [-0.4, -0.2) is 43.8 Å². The van der Waals surface area contributed by atoms with E-state index in [4.69, 9.17) is 23.2 Å². The molecule has 224 valence electrons. The third kappa shape index (κ3) is 7.85. The highest BCUT2D eigenvalue weighted by Gasteiger charge is 2.35. The van der Waals surface area contributed by atoms with Crippen LogP contribution in [0.15, 0.2) is 77.7 Å². The van der Waals surface area contributed by atoms with Gasteiger partial charge >= 0.3 is 0 Å². The smallest absolute Gasteiger partial charge is 0.264 e. The largest absolute Gasteiger partial charge is 0.352 e. The van der Waals surface area contributed by atoms with E-state index in [2.05, 4.69) is 5.32 Å². The standard InChI is InChI=1S/C32H37Cl2N3O4S/c1-3-29(32(39)35-26-13-6-4-7-14-26)36(21-24-12-10-11-23(2)19-24)31(38)22-37(30-20-25(33)17-18-28(30)34)42(40,41)27-15-8-5-9-16-27/h5,8-12,15-20,26,29H,3-4,6-7,13-14,21-22H2,1-2H3,(H,35,39). The van der Waals surface area contributed by atoms with Crippen molar-refractivity contribution < 1.29 is 18.0 Å². The number of halogens is 2. The molecule has 0 saturated heterocycles. The molecule has 0 aromatic heterocycles. The fourth-order valence-corrected chi connectivity index (χ4v) is 7.26. The Kier molecular flexibility index (Phi) is 10.9. The topological polar surface area (TPSA) is 86.8 Å². The number of hydrogen-bond donors (Lipinski definition) is 1. The van der Waals surface area contributed by atoms with E-state index in [0.717, 1.165) is 47.5 Å². The monoisotopic (exact) mass is 629 g/mol. The molecule has 0 radical (unpaired) electrons. The molecule has 0 bridgehead atoms. The summed E-state index contributed by atoms with van der Waals surface area (Å²) in [5.41, 5.74) is 1.93. The molecule has 1 aliphatic carbocycles. The first kappa shape index (κ1) is 31.9. The van der Waals surface area contributed by atoms with Crippen molar-refractivity contribution in [1.82, 2.24) is 10.2 Å². The van der Waals surface area contributed by atoms with Gasteiger partial charge in [-0.05, 0) is 62.1 Å². The van der Waals surface area contributed by atoms with Gasteiger partial charge in [0.25, 0.3) is 10.0 Å². The van der Waals surface area contributed by atoms with Crippen LogP contribution < -0.4 is 9.62 Å². The van der Waals surface area contributed by atoms with Gasteiger partial charge in [-0.15, -0.1) is 0 Å². The van der Waals surface area contributed by atoms with E-state index in [0.29, 0.717) is 6.42 Å². The third-order valence-corrected chi connectivity index (χ3v) is 9.89. The van der Waals surface area contributed by atoms with Gasteiger partial charge in [0.1, 0.15) is 12.6 Å². The van der Waals surface area contributed by atoms with Crippen LogP contribution >= 0.6 is 23.2 Å².